The maximum absolute atomic E-state index is 2.34. The molecule has 0 nitrogen and oxygen atoms in total. The standard InChI is InChI=1S/C7H8I/c1-6-4-2-3-5-7(6)8/h3-5H,2H2,1H3. The monoisotopic (exact) mass is 219 g/mol. The Bertz CT molecular complexity index is 124. The van der Waals surface area contributed by atoms with Crippen molar-refractivity contribution in [3.8, 4) is 0 Å². The van der Waals surface area contributed by atoms with Crippen molar-refractivity contribution in [2.45, 2.75) is 13.3 Å². The molecule has 0 aromatic rings. The molecule has 0 atom stereocenters. The molecule has 1 heteroatoms. The van der Waals surface area contributed by atoms with Gasteiger partial charge >= 0.3 is 0 Å². The fourth-order valence-corrected chi connectivity index (χ4v) is 1.12. The third-order valence-corrected chi connectivity index (χ3v) is 2.41. The minimum atomic E-state index is 1.11. The Morgan fingerprint density at radius 1 is 1.62 bits per heavy atom. The van der Waals surface area contributed by atoms with Gasteiger partial charge in [-0.1, -0.05) is 12.2 Å². The van der Waals surface area contributed by atoms with E-state index in [9.17, 15) is 0 Å². The molecule has 0 heterocycles. The lowest BCUT2D eigenvalue weighted by Gasteiger charge is -2.03. The third-order valence-electron chi connectivity index (χ3n) is 1.20. The zero-order chi connectivity index (χ0) is 5.98. The molecule has 1 rings (SSSR count). The van der Waals surface area contributed by atoms with Crippen molar-refractivity contribution in [1.29, 1.82) is 0 Å². The highest BCUT2D eigenvalue weighted by Gasteiger charge is 1.97. The van der Waals surface area contributed by atoms with Crippen molar-refractivity contribution in [1.82, 2.24) is 0 Å². The minimum Gasteiger partial charge on any atom is -0.0799 e. The first-order valence-corrected chi connectivity index (χ1v) is 3.74. The molecule has 0 fully saturated rings. The van der Waals surface area contributed by atoms with Crippen molar-refractivity contribution in [3.63, 3.8) is 0 Å². The molecule has 1 aliphatic carbocycles. The van der Waals surface area contributed by atoms with Gasteiger partial charge < -0.3 is 0 Å². The van der Waals surface area contributed by atoms with E-state index in [4.69, 9.17) is 0 Å². The van der Waals surface area contributed by atoms with E-state index in [2.05, 4.69) is 48.1 Å². The molecule has 0 unspecified atom stereocenters. The Hall–Kier alpha value is 0.210. The Kier molecular flexibility index (Phi) is 2.11. The van der Waals surface area contributed by atoms with Gasteiger partial charge in [0.05, 0.1) is 0 Å². The minimum absolute atomic E-state index is 1.11. The van der Waals surface area contributed by atoms with Crippen LogP contribution >= 0.6 is 22.6 Å². The Labute approximate surface area is 63.8 Å². The summed E-state index contributed by atoms with van der Waals surface area (Å²) in [6.07, 6.45) is 7.69. The van der Waals surface area contributed by atoms with Crippen molar-refractivity contribution >= 4 is 22.6 Å². The second kappa shape index (κ2) is 2.67. The van der Waals surface area contributed by atoms with Crippen LogP contribution in [0, 0.1) is 6.42 Å². The topological polar surface area (TPSA) is 0 Å². The van der Waals surface area contributed by atoms with E-state index in [0.29, 0.717) is 0 Å². The summed E-state index contributed by atoms with van der Waals surface area (Å²) in [5, 5.41) is 0. The van der Waals surface area contributed by atoms with Crippen LogP contribution in [0.4, 0.5) is 0 Å². The molecule has 0 spiro atoms. The average Bonchev–Trinajstić information content (AvgIpc) is 1.77. The van der Waals surface area contributed by atoms with Crippen LogP contribution < -0.4 is 0 Å². The molecule has 0 aromatic heterocycles. The van der Waals surface area contributed by atoms with Gasteiger partial charge in [-0.3, -0.25) is 0 Å². The van der Waals surface area contributed by atoms with Crippen LogP contribution in [0.1, 0.15) is 13.3 Å². The van der Waals surface area contributed by atoms with E-state index in [1.165, 1.54) is 9.15 Å². The predicted octanol–water partition coefficient (Wildman–Crippen LogP) is 2.86. The van der Waals surface area contributed by atoms with Crippen LogP contribution in [0.3, 0.4) is 0 Å². The SMILES string of the molecule is CC1=CC[CH]C=C1I. The number of hydrogen-bond acceptors (Lipinski definition) is 0. The highest BCUT2D eigenvalue weighted by atomic mass is 127. The fourth-order valence-electron chi connectivity index (χ4n) is 0.645. The van der Waals surface area contributed by atoms with E-state index in [1.807, 2.05) is 0 Å². The smallest absolute Gasteiger partial charge is 0.0119 e. The number of allylic oxidation sites excluding steroid dienone is 4. The summed E-state index contributed by atoms with van der Waals surface area (Å²) in [6.45, 7) is 2.14. The number of hydrogen-bond donors (Lipinski definition) is 0. The lowest BCUT2D eigenvalue weighted by atomic mass is 10.1. The molecule has 0 amide bonds. The maximum atomic E-state index is 2.34. The van der Waals surface area contributed by atoms with Crippen molar-refractivity contribution < 1.29 is 0 Å². The van der Waals surface area contributed by atoms with Gasteiger partial charge in [0.15, 0.2) is 0 Å². The molecular weight excluding hydrogens is 211 g/mol. The lowest BCUT2D eigenvalue weighted by Crippen LogP contribution is -1.83. The first-order chi connectivity index (χ1) is 3.80. The first kappa shape index (κ1) is 6.33. The molecule has 1 radical (unpaired) electrons. The van der Waals surface area contributed by atoms with E-state index in [-0.39, 0.29) is 0 Å². The van der Waals surface area contributed by atoms with Gasteiger partial charge in [0.25, 0.3) is 0 Å². The van der Waals surface area contributed by atoms with Crippen molar-refractivity contribution in [2.24, 2.45) is 0 Å². The Morgan fingerprint density at radius 3 is 2.75 bits per heavy atom. The third kappa shape index (κ3) is 1.34. The van der Waals surface area contributed by atoms with Crippen LogP contribution in [0.15, 0.2) is 21.3 Å². The summed E-state index contributed by atoms with van der Waals surface area (Å²) in [5.74, 6) is 0. The second-order valence-corrected chi connectivity index (χ2v) is 3.04. The number of halogens is 1. The van der Waals surface area contributed by atoms with Gasteiger partial charge in [-0.25, -0.2) is 0 Å². The molecule has 0 bridgehead atoms. The largest absolute Gasteiger partial charge is 0.0799 e. The van der Waals surface area contributed by atoms with Crippen molar-refractivity contribution in [3.05, 3.63) is 27.7 Å². The molecule has 0 aromatic carbocycles. The van der Waals surface area contributed by atoms with Crippen LogP contribution in [-0.2, 0) is 0 Å². The van der Waals surface area contributed by atoms with Crippen LogP contribution in [0.5, 0.6) is 0 Å². The predicted molar refractivity (Wildman–Crippen MR) is 44.8 cm³/mol. The molecule has 1 aliphatic rings. The molecular formula is C7H8I. The van der Waals surface area contributed by atoms with Crippen LogP contribution in [0.25, 0.3) is 0 Å². The van der Waals surface area contributed by atoms with Gasteiger partial charge in [0, 0.05) is 3.58 Å². The van der Waals surface area contributed by atoms with Crippen LogP contribution in [-0.4, -0.2) is 0 Å². The molecule has 0 saturated heterocycles. The Morgan fingerprint density at radius 2 is 2.38 bits per heavy atom. The molecule has 0 saturated carbocycles. The highest BCUT2D eigenvalue weighted by molar-refractivity contribution is 14.1. The van der Waals surface area contributed by atoms with Gasteiger partial charge in [-0.2, -0.15) is 0 Å². The van der Waals surface area contributed by atoms with E-state index >= 15 is 0 Å². The fraction of sp³-hybridized carbons (Fsp3) is 0.286. The summed E-state index contributed by atoms with van der Waals surface area (Å²) in [6, 6.07) is 0. The summed E-state index contributed by atoms with van der Waals surface area (Å²) in [4.78, 5) is 0. The summed E-state index contributed by atoms with van der Waals surface area (Å²) in [5.41, 5.74) is 1.41. The van der Waals surface area contributed by atoms with Gasteiger partial charge in [0.2, 0.25) is 0 Å². The van der Waals surface area contributed by atoms with Gasteiger partial charge in [-0.05, 0) is 47.9 Å². The zero-order valence-corrected chi connectivity index (χ0v) is 6.97. The average molecular weight is 219 g/mol. The van der Waals surface area contributed by atoms with E-state index in [0.717, 1.165) is 6.42 Å². The van der Waals surface area contributed by atoms with Gasteiger partial charge in [-0.15, -0.1) is 0 Å². The second-order valence-electron chi connectivity index (χ2n) is 1.87. The molecule has 43 valence electrons. The van der Waals surface area contributed by atoms with E-state index < -0.39 is 0 Å². The summed E-state index contributed by atoms with van der Waals surface area (Å²) in [7, 11) is 0. The molecule has 8 heavy (non-hydrogen) atoms. The molecule has 0 aliphatic heterocycles. The van der Waals surface area contributed by atoms with E-state index in [1.54, 1.807) is 0 Å². The Balaban J connectivity index is 2.73. The molecule has 0 N–H and O–H groups in total. The van der Waals surface area contributed by atoms with Crippen molar-refractivity contribution in [2.75, 3.05) is 0 Å². The lowest BCUT2D eigenvalue weighted by molar-refractivity contribution is 1.21. The zero-order valence-electron chi connectivity index (χ0n) is 4.82. The van der Waals surface area contributed by atoms with Crippen LogP contribution in [0.2, 0.25) is 0 Å². The highest BCUT2D eigenvalue weighted by Crippen LogP contribution is 2.22. The van der Waals surface area contributed by atoms with Gasteiger partial charge in [0.1, 0.15) is 0 Å². The maximum Gasteiger partial charge on any atom is 0.0119 e. The quantitative estimate of drug-likeness (QED) is 0.549. The normalized spacial score (nSPS) is 19.8. The first-order valence-electron chi connectivity index (χ1n) is 2.67. The number of rotatable bonds is 0. The summed E-state index contributed by atoms with van der Waals surface area (Å²) >= 11 is 2.34. The summed E-state index contributed by atoms with van der Waals surface area (Å²) < 4.78 is 1.37.